The summed E-state index contributed by atoms with van der Waals surface area (Å²) < 4.78 is 21.4. The molecular formula is C36H39FN4O2S. The predicted molar refractivity (Wildman–Crippen MR) is 170 cm³/mol. The second kappa shape index (κ2) is 8.99. The molecule has 2 aromatic carbocycles. The number of aromatic nitrogens is 3. The summed E-state index contributed by atoms with van der Waals surface area (Å²) in [4.78, 5) is 25.8. The van der Waals surface area contributed by atoms with E-state index < -0.39 is 5.67 Å². The number of nitrogens with zero attached hydrogens (tertiary/aromatic N) is 4. The lowest BCUT2D eigenvalue weighted by atomic mass is 9.41. The van der Waals surface area contributed by atoms with E-state index in [1.807, 2.05) is 6.92 Å². The van der Waals surface area contributed by atoms with Crippen LogP contribution in [0.5, 0.6) is 0 Å². The number of alkyl halides is 1. The first-order valence-electron chi connectivity index (χ1n) is 16.4. The van der Waals surface area contributed by atoms with Crippen molar-refractivity contribution >= 4 is 33.1 Å². The van der Waals surface area contributed by atoms with Gasteiger partial charge in [-0.15, -0.1) is 11.3 Å². The number of amides is 1. The lowest BCUT2D eigenvalue weighted by Gasteiger charge is -2.66. The zero-order chi connectivity index (χ0) is 30.0. The zero-order valence-corrected chi connectivity index (χ0v) is 26.4. The van der Waals surface area contributed by atoms with Gasteiger partial charge < -0.3 is 9.42 Å². The Labute approximate surface area is 261 Å². The fourth-order valence-electron chi connectivity index (χ4n) is 9.12. The molecule has 2 aromatic heterocycles. The number of anilines is 1. The van der Waals surface area contributed by atoms with Gasteiger partial charge in [-0.1, -0.05) is 30.3 Å². The van der Waals surface area contributed by atoms with Crippen LogP contribution in [-0.4, -0.2) is 33.2 Å². The van der Waals surface area contributed by atoms with E-state index in [-0.39, 0.29) is 27.6 Å². The Balaban J connectivity index is 0.995. The Kier molecular flexibility index (Phi) is 5.56. The van der Waals surface area contributed by atoms with Crippen molar-refractivity contribution in [1.29, 1.82) is 0 Å². The highest BCUT2D eigenvalue weighted by Crippen LogP contribution is 2.71. The second-order valence-electron chi connectivity index (χ2n) is 15.6. The number of hydrogen-bond donors (Lipinski definition) is 0. The molecule has 7 fully saturated rings. The SMILES string of the molecule is Cc1nc2ccc(-c3cccc(N(CC45CCC(c6noc(C7(C)CC7)n6)(CC4)CC5)C(=O)CC45CC(F)(C4)C5)c3)cc2s1. The van der Waals surface area contributed by atoms with Crippen LogP contribution in [0.4, 0.5) is 10.1 Å². The van der Waals surface area contributed by atoms with E-state index in [1.54, 1.807) is 11.3 Å². The molecule has 6 nitrogen and oxygen atoms in total. The van der Waals surface area contributed by atoms with Crippen LogP contribution in [0.15, 0.2) is 47.0 Å². The maximum Gasteiger partial charge on any atom is 0.232 e. The molecule has 44 heavy (non-hydrogen) atoms. The van der Waals surface area contributed by atoms with E-state index in [9.17, 15) is 9.18 Å². The van der Waals surface area contributed by atoms with Gasteiger partial charge in [-0.05, 0) is 124 Å². The number of benzene rings is 2. The largest absolute Gasteiger partial charge is 0.339 e. The van der Waals surface area contributed by atoms with Crippen molar-refractivity contribution in [2.75, 3.05) is 11.4 Å². The minimum atomic E-state index is -1.00. The maximum absolute atomic E-state index is 14.4. The molecule has 11 rings (SSSR count). The number of carbonyl (C=O) groups excluding carboxylic acids is 1. The average Bonchev–Trinajstić information content (AvgIpc) is 3.38. The van der Waals surface area contributed by atoms with Gasteiger partial charge in [-0.2, -0.15) is 4.98 Å². The lowest BCUT2D eigenvalue weighted by molar-refractivity contribution is -0.215. The number of hydrogen-bond acceptors (Lipinski definition) is 6. The third-order valence-corrected chi connectivity index (χ3v) is 13.1. The van der Waals surface area contributed by atoms with Crippen LogP contribution in [0.1, 0.15) is 101 Å². The molecule has 1 amide bonds. The summed E-state index contributed by atoms with van der Waals surface area (Å²) in [6, 6.07) is 14.9. The monoisotopic (exact) mass is 610 g/mol. The highest BCUT2D eigenvalue weighted by atomic mass is 32.1. The minimum absolute atomic E-state index is 0.00155. The van der Waals surface area contributed by atoms with Gasteiger partial charge in [0.15, 0.2) is 5.82 Å². The Morgan fingerprint density at radius 1 is 0.932 bits per heavy atom. The van der Waals surface area contributed by atoms with Gasteiger partial charge in [0.05, 0.1) is 15.2 Å². The van der Waals surface area contributed by atoms with Crippen LogP contribution in [0, 0.1) is 17.8 Å². The zero-order valence-electron chi connectivity index (χ0n) is 25.6. The van der Waals surface area contributed by atoms with E-state index in [0.717, 1.165) is 90.4 Å². The van der Waals surface area contributed by atoms with Crippen molar-refractivity contribution < 1.29 is 13.7 Å². The Morgan fingerprint density at radius 3 is 2.36 bits per heavy atom. The molecule has 2 heterocycles. The van der Waals surface area contributed by atoms with Crippen LogP contribution in [0.3, 0.4) is 0 Å². The molecular weight excluding hydrogens is 571 g/mol. The molecule has 0 atom stereocenters. The van der Waals surface area contributed by atoms with Crippen LogP contribution in [-0.2, 0) is 15.6 Å². The number of thiazole rings is 1. The van der Waals surface area contributed by atoms with E-state index in [2.05, 4.69) is 64.4 Å². The summed E-state index contributed by atoms with van der Waals surface area (Å²) in [7, 11) is 0. The molecule has 0 spiro atoms. The lowest BCUT2D eigenvalue weighted by Crippen LogP contribution is -2.65. The van der Waals surface area contributed by atoms with Gasteiger partial charge in [0.2, 0.25) is 11.8 Å². The minimum Gasteiger partial charge on any atom is -0.339 e. The van der Waals surface area contributed by atoms with Crippen LogP contribution in [0.25, 0.3) is 21.3 Å². The Bertz CT molecular complexity index is 1780. The Morgan fingerprint density at radius 2 is 1.66 bits per heavy atom. The molecule has 4 aromatic rings. The number of fused-ring (bicyclic) bond motifs is 4. The fraction of sp³-hybridized carbons (Fsp3) is 0.556. The van der Waals surface area contributed by atoms with E-state index in [0.29, 0.717) is 32.2 Å². The van der Waals surface area contributed by atoms with Crippen molar-refractivity contribution in [2.24, 2.45) is 10.8 Å². The van der Waals surface area contributed by atoms with E-state index in [4.69, 9.17) is 9.51 Å². The van der Waals surface area contributed by atoms with Gasteiger partial charge in [-0.3, -0.25) is 4.79 Å². The van der Waals surface area contributed by atoms with Gasteiger partial charge in [0, 0.05) is 29.5 Å². The number of halogens is 1. The quantitative estimate of drug-likeness (QED) is 0.200. The van der Waals surface area contributed by atoms with Crippen molar-refractivity contribution in [3.63, 3.8) is 0 Å². The summed E-state index contributed by atoms with van der Waals surface area (Å²) in [6.45, 7) is 4.97. The highest BCUT2D eigenvalue weighted by molar-refractivity contribution is 7.18. The van der Waals surface area contributed by atoms with E-state index >= 15 is 0 Å². The summed E-state index contributed by atoms with van der Waals surface area (Å²) in [5, 5.41) is 5.58. The van der Waals surface area contributed by atoms with Crippen LogP contribution in [0.2, 0.25) is 0 Å². The van der Waals surface area contributed by atoms with Crippen LogP contribution >= 0.6 is 11.3 Å². The van der Waals surface area contributed by atoms with Crippen molar-refractivity contribution in [2.45, 2.75) is 107 Å². The van der Waals surface area contributed by atoms with E-state index in [1.165, 1.54) is 4.70 Å². The van der Waals surface area contributed by atoms with Gasteiger partial charge in [-0.25, -0.2) is 9.37 Å². The predicted octanol–water partition coefficient (Wildman–Crippen LogP) is 8.61. The first-order chi connectivity index (χ1) is 21.1. The fourth-order valence-corrected chi connectivity index (χ4v) is 9.98. The first-order valence-corrected chi connectivity index (χ1v) is 17.2. The molecule has 7 aliphatic carbocycles. The third-order valence-electron chi connectivity index (χ3n) is 12.2. The molecule has 8 heteroatoms. The summed E-state index contributed by atoms with van der Waals surface area (Å²) in [5.41, 5.74) is 3.23. The molecule has 0 N–H and O–H groups in total. The van der Waals surface area contributed by atoms with Crippen molar-refractivity contribution in [3.8, 4) is 11.1 Å². The molecule has 228 valence electrons. The Hall–Kier alpha value is -3.13. The third kappa shape index (κ3) is 4.22. The average molecular weight is 611 g/mol. The topological polar surface area (TPSA) is 72.1 Å². The maximum atomic E-state index is 14.4. The number of rotatable bonds is 8. The first kappa shape index (κ1) is 27.2. The summed E-state index contributed by atoms with van der Waals surface area (Å²) in [6.07, 6.45) is 10.6. The summed E-state index contributed by atoms with van der Waals surface area (Å²) in [5.74, 6) is 1.87. The molecule has 0 aliphatic heterocycles. The summed E-state index contributed by atoms with van der Waals surface area (Å²) >= 11 is 1.71. The molecule has 0 radical (unpaired) electrons. The number of carbonyl (C=O) groups is 1. The van der Waals surface area contributed by atoms with Crippen LogP contribution < -0.4 is 4.90 Å². The van der Waals surface area contributed by atoms with Gasteiger partial charge in [0.25, 0.3) is 0 Å². The smallest absolute Gasteiger partial charge is 0.232 e. The standard InChI is InChI=1S/C36H39FN4O2S/c1-23-38-27-7-6-25(17-28(27)44-23)24-4-3-5-26(16-24)41(29(42)18-34-19-36(37,20-34)21-34)22-33-10-13-35(14-11-33,15-12-33)30-39-31(43-40-30)32(2)8-9-32/h3-7,16-17H,8-15,18-22H2,1-2H3. The number of aryl methyl sites for hydroxylation is 1. The van der Waals surface area contributed by atoms with Gasteiger partial charge in [0.1, 0.15) is 5.67 Å². The molecule has 0 saturated heterocycles. The normalized spacial score (nSPS) is 32.7. The highest BCUT2D eigenvalue weighted by Gasteiger charge is 2.69. The molecule has 7 saturated carbocycles. The second-order valence-corrected chi connectivity index (χ2v) is 16.8. The molecule has 7 aliphatic rings. The molecule has 4 bridgehead atoms. The van der Waals surface area contributed by atoms with Gasteiger partial charge >= 0.3 is 0 Å². The molecule has 0 unspecified atom stereocenters. The van der Waals surface area contributed by atoms with Crippen molar-refractivity contribution in [3.05, 3.63) is 59.2 Å². The van der Waals surface area contributed by atoms with Crippen molar-refractivity contribution in [1.82, 2.24) is 15.1 Å².